The molecule has 1 aromatic rings. The molecule has 0 bridgehead atoms. The van der Waals surface area contributed by atoms with Gasteiger partial charge in [0.1, 0.15) is 0 Å². The highest BCUT2D eigenvalue weighted by atomic mass is 19.4. The van der Waals surface area contributed by atoms with Crippen LogP contribution >= 0.6 is 0 Å². The predicted octanol–water partition coefficient (Wildman–Crippen LogP) is 1.93. The molecule has 20 heavy (non-hydrogen) atoms. The average Bonchev–Trinajstić information content (AvgIpc) is 2.39. The Morgan fingerprint density at radius 1 is 1.10 bits per heavy atom. The van der Waals surface area contributed by atoms with Crippen molar-refractivity contribution in [2.75, 3.05) is 50.0 Å². The lowest BCUT2D eigenvalue weighted by molar-refractivity contribution is -0.325. The van der Waals surface area contributed by atoms with E-state index in [2.05, 4.69) is 9.64 Å². The molecule has 0 aromatic heterocycles. The van der Waals surface area contributed by atoms with Crippen LogP contribution in [0.3, 0.4) is 0 Å². The van der Waals surface area contributed by atoms with Crippen molar-refractivity contribution in [3.8, 4) is 0 Å². The monoisotopic (exact) mass is 289 g/mol. The maximum absolute atomic E-state index is 11.9. The quantitative estimate of drug-likeness (QED) is 0.860. The minimum Gasteiger partial charge on any atom is -0.397 e. The normalized spacial score (nSPS) is 17.4. The molecule has 2 rings (SSSR count). The Bertz CT molecular complexity index is 431. The summed E-state index contributed by atoms with van der Waals surface area (Å²) in [4.78, 5) is 4.11. The maximum atomic E-state index is 11.9. The Balaban J connectivity index is 1.77. The van der Waals surface area contributed by atoms with Crippen LogP contribution in [0.5, 0.6) is 0 Å². The molecule has 0 saturated carbocycles. The van der Waals surface area contributed by atoms with Crippen LogP contribution in [0.15, 0.2) is 24.3 Å². The molecular formula is C13H18F3N3O. The maximum Gasteiger partial charge on any atom is 0.522 e. The number of hydrogen-bond donors (Lipinski definition) is 1. The van der Waals surface area contributed by atoms with E-state index in [4.69, 9.17) is 5.73 Å². The SMILES string of the molecule is Nc1ccccc1N1CCN(CCOC(F)(F)F)CC1. The Morgan fingerprint density at radius 2 is 1.75 bits per heavy atom. The molecule has 1 aromatic carbocycles. The van der Waals surface area contributed by atoms with Gasteiger partial charge in [0.15, 0.2) is 0 Å². The number of para-hydroxylation sites is 2. The zero-order valence-corrected chi connectivity index (χ0v) is 11.1. The third-order valence-corrected chi connectivity index (χ3v) is 3.32. The van der Waals surface area contributed by atoms with Gasteiger partial charge in [-0.05, 0) is 12.1 Å². The van der Waals surface area contributed by atoms with E-state index in [1.807, 2.05) is 29.2 Å². The first-order chi connectivity index (χ1) is 9.46. The molecule has 1 aliphatic heterocycles. The van der Waals surface area contributed by atoms with Crippen LogP contribution in [0.1, 0.15) is 0 Å². The van der Waals surface area contributed by atoms with Crippen molar-refractivity contribution < 1.29 is 17.9 Å². The summed E-state index contributed by atoms with van der Waals surface area (Å²) in [6.07, 6.45) is -4.54. The van der Waals surface area contributed by atoms with Crippen molar-refractivity contribution in [3.05, 3.63) is 24.3 Å². The largest absolute Gasteiger partial charge is 0.522 e. The summed E-state index contributed by atoms with van der Waals surface area (Å²) in [7, 11) is 0. The van der Waals surface area contributed by atoms with E-state index in [1.54, 1.807) is 0 Å². The van der Waals surface area contributed by atoms with E-state index in [1.165, 1.54) is 0 Å². The minimum absolute atomic E-state index is 0.289. The van der Waals surface area contributed by atoms with Crippen LogP contribution in [0.25, 0.3) is 0 Å². The van der Waals surface area contributed by atoms with Crippen LogP contribution in [0.4, 0.5) is 24.5 Å². The second-order valence-corrected chi connectivity index (χ2v) is 4.68. The number of nitrogens with zero attached hydrogens (tertiary/aromatic N) is 2. The molecular weight excluding hydrogens is 271 g/mol. The lowest BCUT2D eigenvalue weighted by Crippen LogP contribution is -2.47. The van der Waals surface area contributed by atoms with E-state index in [0.717, 1.165) is 24.5 Å². The van der Waals surface area contributed by atoms with Gasteiger partial charge in [0.05, 0.1) is 18.0 Å². The highest BCUT2D eigenvalue weighted by Gasteiger charge is 2.29. The fraction of sp³-hybridized carbons (Fsp3) is 0.538. The number of rotatable bonds is 4. The van der Waals surface area contributed by atoms with Gasteiger partial charge in [-0.25, -0.2) is 0 Å². The first kappa shape index (κ1) is 14.9. The summed E-state index contributed by atoms with van der Waals surface area (Å²) in [5, 5.41) is 0. The van der Waals surface area contributed by atoms with E-state index in [-0.39, 0.29) is 13.2 Å². The van der Waals surface area contributed by atoms with Crippen molar-refractivity contribution in [2.45, 2.75) is 6.36 Å². The fourth-order valence-electron chi connectivity index (χ4n) is 2.28. The molecule has 0 unspecified atom stereocenters. The molecule has 112 valence electrons. The summed E-state index contributed by atoms with van der Waals surface area (Å²) in [6.45, 7) is 2.88. The van der Waals surface area contributed by atoms with Gasteiger partial charge in [-0.3, -0.25) is 9.64 Å². The van der Waals surface area contributed by atoms with Crippen LogP contribution in [0.2, 0.25) is 0 Å². The van der Waals surface area contributed by atoms with Crippen molar-refractivity contribution in [3.63, 3.8) is 0 Å². The zero-order valence-electron chi connectivity index (χ0n) is 11.1. The molecule has 1 aliphatic rings. The first-order valence-electron chi connectivity index (χ1n) is 6.48. The third-order valence-electron chi connectivity index (χ3n) is 3.32. The van der Waals surface area contributed by atoms with Gasteiger partial charge in [-0.2, -0.15) is 0 Å². The summed E-state index contributed by atoms with van der Waals surface area (Å²) in [6, 6.07) is 7.61. The number of alkyl halides is 3. The number of hydrogen-bond acceptors (Lipinski definition) is 4. The fourth-order valence-corrected chi connectivity index (χ4v) is 2.28. The summed E-state index contributed by atoms with van der Waals surface area (Å²) < 4.78 is 39.4. The third kappa shape index (κ3) is 4.28. The molecule has 4 nitrogen and oxygen atoms in total. The number of halogens is 3. The number of ether oxygens (including phenoxy) is 1. The molecule has 2 N–H and O–H groups in total. The van der Waals surface area contributed by atoms with Crippen molar-refractivity contribution in [2.24, 2.45) is 0 Å². The highest BCUT2D eigenvalue weighted by molar-refractivity contribution is 5.67. The summed E-state index contributed by atoms with van der Waals surface area (Å²) >= 11 is 0. The molecule has 1 saturated heterocycles. The molecule has 0 spiro atoms. The Kier molecular flexibility index (Phi) is 4.72. The average molecular weight is 289 g/mol. The van der Waals surface area contributed by atoms with E-state index in [9.17, 15) is 13.2 Å². The van der Waals surface area contributed by atoms with Crippen LogP contribution in [-0.4, -0.2) is 50.6 Å². The van der Waals surface area contributed by atoms with Crippen molar-refractivity contribution >= 4 is 11.4 Å². The molecule has 0 atom stereocenters. The molecule has 1 heterocycles. The number of piperazine rings is 1. The first-order valence-corrected chi connectivity index (χ1v) is 6.48. The highest BCUT2D eigenvalue weighted by Crippen LogP contribution is 2.23. The van der Waals surface area contributed by atoms with Crippen LogP contribution in [-0.2, 0) is 4.74 Å². The number of nitrogen functional groups attached to an aromatic ring is 1. The molecule has 1 fully saturated rings. The lowest BCUT2D eigenvalue weighted by Gasteiger charge is -2.36. The van der Waals surface area contributed by atoms with Crippen molar-refractivity contribution in [1.29, 1.82) is 0 Å². The number of nitrogens with two attached hydrogens (primary N) is 1. The van der Waals surface area contributed by atoms with Gasteiger partial charge < -0.3 is 10.6 Å². The molecule has 0 amide bonds. The second kappa shape index (κ2) is 6.32. The lowest BCUT2D eigenvalue weighted by atomic mass is 10.2. The Hall–Kier alpha value is -1.47. The second-order valence-electron chi connectivity index (χ2n) is 4.68. The summed E-state index contributed by atoms with van der Waals surface area (Å²) in [5.74, 6) is 0. The molecule has 7 heteroatoms. The Labute approximate surface area is 115 Å². The van der Waals surface area contributed by atoms with E-state index in [0.29, 0.717) is 13.1 Å². The van der Waals surface area contributed by atoms with Gasteiger partial charge in [-0.15, -0.1) is 13.2 Å². The van der Waals surface area contributed by atoms with Gasteiger partial charge >= 0.3 is 6.36 Å². The Morgan fingerprint density at radius 3 is 2.35 bits per heavy atom. The smallest absolute Gasteiger partial charge is 0.397 e. The molecule has 0 aliphatic carbocycles. The van der Waals surface area contributed by atoms with Crippen LogP contribution < -0.4 is 10.6 Å². The van der Waals surface area contributed by atoms with Crippen LogP contribution in [0, 0.1) is 0 Å². The van der Waals surface area contributed by atoms with Gasteiger partial charge in [0.2, 0.25) is 0 Å². The summed E-state index contributed by atoms with van der Waals surface area (Å²) in [5.41, 5.74) is 7.62. The standard InChI is InChI=1S/C13H18F3N3O/c14-13(15,16)20-10-9-18-5-7-19(8-6-18)12-4-2-1-3-11(12)17/h1-4H,5-10,17H2. The number of benzene rings is 1. The topological polar surface area (TPSA) is 41.7 Å². The van der Waals surface area contributed by atoms with Gasteiger partial charge in [0.25, 0.3) is 0 Å². The predicted molar refractivity (Wildman–Crippen MR) is 71.5 cm³/mol. The van der Waals surface area contributed by atoms with Crippen molar-refractivity contribution in [1.82, 2.24) is 4.90 Å². The van der Waals surface area contributed by atoms with Gasteiger partial charge in [0, 0.05) is 32.7 Å². The number of anilines is 2. The minimum atomic E-state index is -4.54. The van der Waals surface area contributed by atoms with E-state index >= 15 is 0 Å². The van der Waals surface area contributed by atoms with Gasteiger partial charge in [-0.1, -0.05) is 12.1 Å². The molecule has 0 radical (unpaired) electrons. The van der Waals surface area contributed by atoms with E-state index < -0.39 is 6.36 Å². The zero-order chi connectivity index (χ0) is 14.6.